The lowest BCUT2D eigenvalue weighted by molar-refractivity contribution is -0.132. The number of allylic oxidation sites excluding steroid dienone is 5. The van der Waals surface area contributed by atoms with Gasteiger partial charge in [-0.3, -0.25) is 0 Å². The maximum Gasteiger partial charge on any atom is 0.0970 e. The molecule has 4 saturated carbocycles. The molecule has 0 amide bonds. The Labute approximate surface area is 399 Å². The molecule has 4 fully saturated rings. The topological polar surface area (TPSA) is 28.4 Å². The van der Waals surface area contributed by atoms with Crippen molar-refractivity contribution in [3.05, 3.63) is 188 Å². The Morgan fingerprint density at radius 2 is 1.19 bits per heavy atom. The van der Waals surface area contributed by atoms with E-state index in [-0.39, 0.29) is 11.8 Å². The van der Waals surface area contributed by atoms with E-state index < -0.39 is 5.60 Å². The zero-order chi connectivity index (χ0) is 45.8. The second-order valence-electron chi connectivity index (χ2n) is 21.6. The molecule has 1 aromatic heterocycles. The SMILES string of the molecule is C=C/C=C\C=C(/C1C(C)CC2CC(C)CC1C2)N(c1ccc(-c2ccc3c(c2)c2cc(-c4ccccc4)ccc2n3-c2ccccc2)cc1)c1ccccc1C1(O)C(C)CC2CC(C)CC1C2. The van der Waals surface area contributed by atoms with Crippen molar-refractivity contribution >= 4 is 33.2 Å². The van der Waals surface area contributed by atoms with Gasteiger partial charge in [0.25, 0.3) is 0 Å². The number of fused-ring (bicyclic) bond motifs is 7. The molecule has 3 heteroatoms. The maximum atomic E-state index is 13.5. The Morgan fingerprint density at radius 3 is 1.88 bits per heavy atom. The summed E-state index contributed by atoms with van der Waals surface area (Å²) >= 11 is 0. The summed E-state index contributed by atoms with van der Waals surface area (Å²) < 4.78 is 2.41. The van der Waals surface area contributed by atoms with Gasteiger partial charge in [-0.1, -0.05) is 143 Å². The van der Waals surface area contributed by atoms with Gasteiger partial charge in [-0.2, -0.15) is 0 Å². The minimum absolute atomic E-state index is 0.169. The lowest BCUT2D eigenvalue weighted by atomic mass is 9.56. The maximum absolute atomic E-state index is 13.5. The van der Waals surface area contributed by atoms with Gasteiger partial charge >= 0.3 is 0 Å². The smallest absolute Gasteiger partial charge is 0.0970 e. The predicted octanol–water partition coefficient (Wildman–Crippen LogP) is 16.9. The van der Waals surface area contributed by atoms with Crippen LogP contribution >= 0.6 is 0 Å². The lowest BCUT2D eigenvalue weighted by Crippen LogP contribution is -2.50. The first-order valence-electron chi connectivity index (χ1n) is 25.6. The van der Waals surface area contributed by atoms with Crippen molar-refractivity contribution in [1.29, 1.82) is 0 Å². The summed E-state index contributed by atoms with van der Waals surface area (Å²) in [7, 11) is 0. The highest BCUT2D eigenvalue weighted by molar-refractivity contribution is 6.11. The van der Waals surface area contributed by atoms with Crippen LogP contribution in [-0.4, -0.2) is 9.67 Å². The molecule has 11 rings (SSSR count). The third kappa shape index (κ3) is 7.91. The van der Waals surface area contributed by atoms with E-state index in [4.69, 9.17) is 0 Å². The van der Waals surface area contributed by atoms with Gasteiger partial charge in [0.05, 0.1) is 22.3 Å². The zero-order valence-electron chi connectivity index (χ0n) is 40.1. The average molecular weight is 881 g/mol. The van der Waals surface area contributed by atoms with Crippen molar-refractivity contribution in [3.63, 3.8) is 0 Å². The van der Waals surface area contributed by atoms with Crippen molar-refractivity contribution in [2.24, 2.45) is 53.3 Å². The monoisotopic (exact) mass is 881 g/mol. The molecule has 4 aliphatic carbocycles. The van der Waals surface area contributed by atoms with Crippen LogP contribution in [0.3, 0.4) is 0 Å². The fourth-order valence-corrected chi connectivity index (χ4v) is 14.5. The molecule has 0 saturated heterocycles. The standard InChI is InChI=1S/C64H68N2O/c1-6-7-10-23-62(63-44(4)36-46-32-42(2)34-52(63)38-46)66(61-22-16-15-21-58(61)64(67)45(5)37-47-33-43(3)35-53(64)39-47)55-28-24-49(25-29-55)51-27-31-60-57(41-51)56-40-50(48-17-11-8-12-18-48)26-30-59(56)65(60)54-19-13-9-14-20-54/h6-31,40-47,52-53,63,67H,1,32-39H2,2-5H3/b10-7-,62-23+. The van der Waals surface area contributed by atoms with Gasteiger partial charge in [0.15, 0.2) is 0 Å². The third-order valence-corrected chi connectivity index (χ3v) is 17.0. The molecule has 6 aromatic carbocycles. The summed E-state index contributed by atoms with van der Waals surface area (Å²) in [5, 5.41) is 16.0. The van der Waals surface area contributed by atoms with Crippen molar-refractivity contribution in [2.45, 2.75) is 84.7 Å². The van der Waals surface area contributed by atoms with Crippen LogP contribution in [0.5, 0.6) is 0 Å². The molecule has 10 unspecified atom stereocenters. The summed E-state index contributed by atoms with van der Waals surface area (Å²) in [6.45, 7) is 13.8. The molecule has 67 heavy (non-hydrogen) atoms. The van der Waals surface area contributed by atoms with Gasteiger partial charge in [0.2, 0.25) is 0 Å². The predicted molar refractivity (Wildman–Crippen MR) is 283 cm³/mol. The fourth-order valence-electron chi connectivity index (χ4n) is 14.5. The summed E-state index contributed by atoms with van der Waals surface area (Å²) in [6.07, 6.45) is 18.3. The summed E-state index contributed by atoms with van der Waals surface area (Å²) in [5.74, 6) is 4.80. The Bertz CT molecular complexity index is 2950. The Morgan fingerprint density at radius 1 is 0.597 bits per heavy atom. The van der Waals surface area contributed by atoms with Crippen LogP contribution in [0.1, 0.15) is 84.6 Å². The summed E-state index contributed by atoms with van der Waals surface area (Å²) in [4.78, 5) is 2.60. The van der Waals surface area contributed by atoms with Crippen molar-refractivity contribution in [1.82, 2.24) is 4.57 Å². The first-order chi connectivity index (χ1) is 32.7. The van der Waals surface area contributed by atoms with Crippen LogP contribution in [0.15, 0.2) is 182 Å². The Kier molecular flexibility index (Phi) is 11.7. The number of nitrogens with zero attached hydrogens (tertiary/aromatic N) is 2. The third-order valence-electron chi connectivity index (χ3n) is 17.0. The number of benzene rings is 6. The minimum Gasteiger partial charge on any atom is -0.385 e. The number of para-hydroxylation sites is 2. The molecule has 4 bridgehead atoms. The number of aliphatic hydroxyl groups is 1. The van der Waals surface area contributed by atoms with E-state index in [9.17, 15) is 5.11 Å². The quantitative estimate of drug-likeness (QED) is 0.139. The average Bonchev–Trinajstić information content (AvgIpc) is 3.67. The largest absolute Gasteiger partial charge is 0.385 e. The van der Waals surface area contributed by atoms with Crippen LogP contribution in [-0.2, 0) is 5.60 Å². The van der Waals surface area contributed by atoms with E-state index in [1.54, 1.807) is 0 Å². The summed E-state index contributed by atoms with van der Waals surface area (Å²) in [5.41, 5.74) is 12.2. The van der Waals surface area contributed by atoms with Crippen molar-refractivity contribution < 1.29 is 5.11 Å². The highest BCUT2D eigenvalue weighted by Crippen LogP contribution is 2.58. The van der Waals surface area contributed by atoms with Gasteiger partial charge in [-0.05, 0) is 182 Å². The molecule has 10 atom stereocenters. The first kappa shape index (κ1) is 43.7. The Balaban J connectivity index is 1.06. The van der Waals surface area contributed by atoms with Gasteiger partial charge in [-0.25, -0.2) is 0 Å². The fraction of sp³-hybridized carbons (Fsp3) is 0.344. The molecule has 4 aliphatic rings. The van der Waals surface area contributed by atoms with E-state index in [0.717, 1.165) is 53.7 Å². The van der Waals surface area contributed by atoms with Gasteiger partial charge < -0.3 is 14.6 Å². The number of hydrogen-bond acceptors (Lipinski definition) is 2. The highest BCUT2D eigenvalue weighted by Gasteiger charge is 2.52. The van der Waals surface area contributed by atoms with Crippen LogP contribution in [0.4, 0.5) is 11.4 Å². The van der Waals surface area contributed by atoms with E-state index >= 15 is 0 Å². The number of aromatic nitrogens is 1. The number of hydrogen-bond donors (Lipinski definition) is 1. The number of anilines is 2. The normalized spacial score (nSPS) is 28.5. The molecule has 1 N–H and O–H groups in total. The first-order valence-corrected chi connectivity index (χ1v) is 25.6. The summed E-state index contributed by atoms with van der Waals surface area (Å²) in [6, 6.07) is 53.8. The van der Waals surface area contributed by atoms with E-state index in [1.807, 2.05) is 6.08 Å². The van der Waals surface area contributed by atoms with Crippen molar-refractivity contribution in [2.75, 3.05) is 4.90 Å². The van der Waals surface area contributed by atoms with Crippen LogP contribution in [0.25, 0.3) is 49.7 Å². The molecular weight excluding hydrogens is 813 g/mol. The second kappa shape index (κ2) is 18.0. The molecular formula is C64H68N2O. The molecule has 0 spiro atoms. The van der Waals surface area contributed by atoms with Crippen LogP contribution in [0.2, 0.25) is 0 Å². The minimum atomic E-state index is -0.917. The van der Waals surface area contributed by atoms with E-state index in [1.165, 1.54) is 81.9 Å². The lowest BCUT2D eigenvalue weighted by Gasteiger charge is -2.53. The molecule has 340 valence electrons. The van der Waals surface area contributed by atoms with E-state index in [0.29, 0.717) is 29.6 Å². The number of rotatable bonds is 10. The van der Waals surface area contributed by atoms with E-state index in [2.05, 4.69) is 208 Å². The Hall–Kier alpha value is -5.90. The van der Waals surface area contributed by atoms with Gasteiger partial charge in [-0.15, -0.1) is 0 Å². The highest BCUT2D eigenvalue weighted by atomic mass is 16.3. The van der Waals surface area contributed by atoms with Gasteiger partial charge in [0, 0.05) is 39.3 Å². The molecule has 3 nitrogen and oxygen atoms in total. The molecule has 7 aromatic rings. The van der Waals surface area contributed by atoms with Crippen LogP contribution < -0.4 is 4.90 Å². The van der Waals surface area contributed by atoms with Crippen molar-refractivity contribution in [3.8, 4) is 27.9 Å². The molecule has 0 radical (unpaired) electrons. The second-order valence-corrected chi connectivity index (χ2v) is 21.6. The molecule has 1 heterocycles. The zero-order valence-corrected chi connectivity index (χ0v) is 40.1. The van der Waals surface area contributed by atoms with Crippen LogP contribution in [0, 0.1) is 53.3 Å². The van der Waals surface area contributed by atoms with Gasteiger partial charge in [0.1, 0.15) is 0 Å². The molecule has 0 aliphatic heterocycles.